The minimum Gasteiger partial charge on any atom is -0.423 e. The molecule has 116 valence electrons. The molecule has 0 N–H and O–H groups in total. The van der Waals surface area contributed by atoms with Crippen molar-refractivity contribution in [1.82, 2.24) is 15.1 Å². The Kier molecular flexibility index (Phi) is 4.14. The van der Waals surface area contributed by atoms with E-state index in [4.69, 9.17) is 4.42 Å². The average molecular weight is 311 g/mol. The first-order chi connectivity index (χ1) is 11.1. The molecule has 0 radical (unpaired) electrons. The summed E-state index contributed by atoms with van der Waals surface area (Å²) in [5.74, 6) is -0.118. The number of aromatic nitrogens is 2. The number of hydrogen-bond donors (Lipinski definition) is 0. The number of hydrogen-bond acceptors (Lipinski definition) is 4. The van der Waals surface area contributed by atoms with E-state index in [1.807, 2.05) is 0 Å². The fourth-order valence-corrected chi connectivity index (χ4v) is 2.23. The molecule has 0 aliphatic carbocycles. The van der Waals surface area contributed by atoms with Crippen LogP contribution < -0.4 is 0 Å². The zero-order valence-electron chi connectivity index (χ0n) is 12.4. The Morgan fingerprint density at radius 2 is 1.91 bits per heavy atom. The van der Waals surface area contributed by atoms with E-state index in [9.17, 15) is 9.18 Å². The standard InChI is InChI=1S/C17H14FN3O2/c1-21(10-14-4-2-3-5-15(14)18)17(22)13-8-6-12(7-9-13)16-20-19-11-23-16/h2-9,11H,10H2,1H3. The van der Waals surface area contributed by atoms with Crippen molar-refractivity contribution >= 4 is 5.91 Å². The van der Waals surface area contributed by atoms with Gasteiger partial charge in [-0.05, 0) is 30.3 Å². The molecule has 0 saturated heterocycles. The summed E-state index contributed by atoms with van der Waals surface area (Å²) in [5, 5.41) is 7.42. The van der Waals surface area contributed by atoms with Crippen molar-refractivity contribution in [1.29, 1.82) is 0 Å². The van der Waals surface area contributed by atoms with Gasteiger partial charge in [0, 0.05) is 30.3 Å². The van der Waals surface area contributed by atoms with Gasteiger partial charge in [0.05, 0.1) is 0 Å². The summed E-state index contributed by atoms with van der Waals surface area (Å²) >= 11 is 0. The van der Waals surface area contributed by atoms with Gasteiger partial charge in [-0.15, -0.1) is 10.2 Å². The molecule has 0 spiro atoms. The fraction of sp³-hybridized carbons (Fsp3) is 0.118. The van der Waals surface area contributed by atoms with Crippen LogP contribution in [0.25, 0.3) is 11.5 Å². The first kappa shape index (κ1) is 14.9. The third-order valence-electron chi connectivity index (χ3n) is 3.45. The fourth-order valence-electron chi connectivity index (χ4n) is 2.23. The normalized spacial score (nSPS) is 10.5. The number of benzene rings is 2. The maximum atomic E-state index is 13.7. The molecular weight excluding hydrogens is 297 g/mol. The van der Waals surface area contributed by atoms with Crippen LogP contribution in [0.5, 0.6) is 0 Å². The van der Waals surface area contributed by atoms with Crippen LogP contribution in [0.4, 0.5) is 4.39 Å². The smallest absolute Gasteiger partial charge is 0.253 e. The highest BCUT2D eigenvalue weighted by molar-refractivity contribution is 5.94. The van der Waals surface area contributed by atoms with Gasteiger partial charge < -0.3 is 9.32 Å². The Morgan fingerprint density at radius 3 is 2.57 bits per heavy atom. The van der Waals surface area contributed by atoms with Gasteiger partial charge in [0.15, 0.2) is 0 Å². The molecule has 0 aliphatic heterocycles. The number of carbonyl (C=O) groups excluding carboxylic acids is 1. The van der Waals surface area contributed by atoms with E-state index in [1.54, 1.807) is 49.5 Å². The summed E-state index contributed by atoms with van der Waals surface area (Å²) in [7, 11) is 1.64. The highest BCUT2D eigenvalue weighted by atomic mass is 19.1. The van der Waals surface area contributed by atoms with Crippen LogP contribution in [-0.4, -0.2) is 28.1 Å². The van der Waals surface area contributed by atoms with E-state index in [-0.39, 0.29) is 18.3 Å². The minimum atomic E-state index is -0.320. The second-order valence-electron chi connectivity index (χ2n) is 5.07. The molecule has 1 amide bonds. The Balaban J connectivity index is 1.73. The monoisotopic (exact) mass is 311 g/mol. The van der Waals surface area contributed by atoms with E-state index in [0.29, 0.717) is 17.0 Å². The Labute approximate surface area is 132 Å². The predicted octanol–water partition coefficient (Wildman–Crippen LogP) is 3.15. The minimum absolute atomic E-state index is 0.190. The zero-order chi connectivity index (χ0) is 16.2. The Hall–Kier alpha value is -3.02. The van der Waals surface area contributed by atoms with Crippen LogP contribution >= 0.6 is 0 Å². The molecule has 0 saturated carbocycles. The van der Waals surface area contributed by atoms with Crippen LogP contribution in [0.1, 0.15) is 15.9 Å². The summed E-state index contributed by atoms with van der Waals surface area (Å²) in [5.41, 5.74) is 1.72. The second kappa shape index (κ2) is 6.39. The van der Waals surface area contributed by atoms with E-state index < -0.39 is 0 Å². The maximum Gasteiger partial charge on any atom is 0.253 e. The maximum absolute atomic E-state index is 13.7. The lowest BCUT2D eigenvalue weighted by Gasteiger charge is -2.17. The van der Waals surface area contributed by atoms with E-state index >= 15 is 0 Å². The van der Waals surface area contributed by atoms with Crippen molar-refractivity contribution in [2.45, 2.75) is 6.54 Å². The second-order valence-corrected chi connectivity index (χ2v) is 5.07. The summed E-state index contributed by atoms with van der Waals surface area (Å²) in [6, 6.07) is 13.2. The Bertz CT molecular complexity index is 801. The van der Waals surface area contributed by atoms with E-state index in [2.05, 4.69) is 10.2 Å². The molecule has 2 aromatic carbocycles. The quantitative estimate of drug-likeness (QED) is 0.742. The van der Waals surface area contributed by atoms with Crippen molar-refractivity contribution in [3.8, 4) is 11.5 Å². The molecule has 1 heterocycles. The van der Waals surface area contributed by atoms with Gasteiger partial charge in [-0.1, -0.05) is 18.2 Å². The molecule has 0 unspecified atom stereocenters. The largest absolute Gasteiger partial charge is 0.423 e. The van der Waals surface area contributed by atoms with Crippen LogP contribution in [0, 0.1) is 5.82 Å². The van der Waals surface area contributed by atoms with Gasteiger partial charge in [-0.25, -0.2) is 4.39 Å². The number of halogens is 1. The van der Waals surface area contributed by atoms with Gasteiger partial charge in [-0.3, -0.25) is 4.79 Å². The topological polar surface area (TPSA) is 59.2 Å². The van der Waals surface area contributed by atoms with E-state index in [1.165, 1.54) is 17.4 Å². The number of nitrogens with zero attached hydrogens (tertiary/aromatic N) is 3. The lowest BCUT2D eigenvalue weighted by Crippen LogP contribution is -2.26. The van der Waals surface area contributed by atoms with Crippen LogP contribution in [0.3, 0.4) is 0 Å². The molecule has 1 aromatic heterocycles. The molecule has 3 rings (SSSR count). The molecule has 3 aromatic rings. The molecule has 23 heavy (non-hydrogen) atoms. The zero-order valence-corrected chi connectivity index (χ0v) is 12.4. The summed E-state index contributed by atoms with van der Waals surface area (Å²) in [6.07, 6.45) is 1.25. The molecule has 5 nitrogen and oxygen atoms in total. The van der Waals surface area contributed by atoms with Crippen LogP contribution in [-0.2, 0) is 6.54 Å². The molecule has 0 bridgehead atoms. The van der Waals surface area contributed by atoms with Crippen molar-refractivity contribution in [3.05, 3.63) is 71.9 Å². The number of rotatable bonds is 4. The third kappa shape index (κ3) is 3.26. The number of amides is 1. The number of carbonyl (C=O) groups is 1. The predicted molar refractivity (Wildman–Crippen MR) is 81.9 cm³/mol. The van der Waals surface area contributed by atoms with Gasteiger partial charge in [0.25, 0.3) is 5.91 Å². The molecule has 0 atom stereocenters. The summed E-state index contributed by atoms with van der Waals surface area (Å²) in [6.45, 7) is 0.205. The van der Waals surface area contributed by atoms with Gasteiger partial charge in [-0.2, -0.15) is 0 Å². The average Bonchev–Trinajstić information content (AvgIpc) is 3.11. The van der Waals surface area contributed by atoms with Gasteiger partial charge in [0.1, 0.15) is 5.82 Å². The van der Waals surface area contributed by atoms with Gasteiger partial charge in [0.2, 0.25) is 12.3 Å². The summed E-state index contributed by atoms with van der Waals surface area (Å²) in [4.78, 5) is 13.9. The van der Waals surface area contributed by atoms with Crippen molar-refractivity contribution < 1.29 is 13.6 Å². The van der Waals surface area contributed by atoms with Crippen LogP contribution in [0.2, 0.25) is 0 Å². The van der Waals surface area contributed by atoms with Crippen molar-refractivity contribution in [3.63, 3.8) is 0 Å². The first-order valence-corrected chi connectivity index (χ1v) is 7.00. The van der Waals surface area contributed by atoms with E-state index in [0.717, 1.165) is 5.56 Å². The lowest BCUT2D eigenvalue weighted by molar-refractivity contribution is 0.0784. The van der Waals surface area contributed by atoms with Gasteiger partial charge >= 0.3 is 0 Å². The van der Waals surface area contributed by atoms with Crippen LogP contribution in [0.15, 0.2) is 59.3 Å². The summed E-state index contributed by atoms with van der Waals surface area (Å²) < 4.78 is 18.8. The Morgan fingerprint density at radius 1 is 1.17 bits per heavy atom. The first-order valence-electron chi connectivity index (χ1n) is 7.00. The third-order valence-corrected chi connectivity index (χ3v) is 3.45. The molecule has 6 heteroatoms. The highest BCUT2D eigenvalue weighted by Gasteiger charge is 2.14. The highest BCUT2D eigenvalue weighted by Crippen LogP contribution is 2.18. The van der Waals surface area contributed by atoms with Crippen molar-refractivity contribution in [2.24, 2.45) is 0 Å². The molecule has 0 fully saturated rings. The lowest BCUT2D eigenvalue weighted by atomic mass is 10.1. The SMILES string of the molecule is CN(Cc1ccccc1F)C(=O)c1ccc(-c2nnco2)cc1. The van der Waals surface area contributed by atoms with Crippen molar-refractivity contribution in [2.75, 3.05) is 7.05 Å². The molecule has 0 aliphatic rings. The molecular formula is C17H14FN3O2.